The SMILES string of the molecule is COc1cc(C(=O)N2CC(C(C)C)C2)ccc1C.COc1cc(C(=O)N2CC(F)(C(C)C)C2)ccc1C.COc1cc(N2CC(C(C)C)C2)ccc1C.COc1cc(N2CCC(C(C)C)C2=O)ccc1C.COc1cc(S(=O)(=O)N2CCC(N3CCN(C(C)C)CC3)CC2)ccc1C.COc1cc(S(=O)(=O)N2CCN(C(C)C)CC2)ccc1C. The maximum absolute atomic E-state index is 14.1. The van der Waals surface area contributed by atoms with Crippen LogP contribution in [0.2, 0.25) is 0 Å². The van der Waals surface area contributed by atoms with Gasteiger partial charge in [-0.3, -0.25) is 29.1 Å². The monoisotopic (exact) mass is 1690 g/mol. The van der Waals surface area contributed by atoms with E-state index in [1.807, 2.05) is 107 Å². The summed E-state index contributed by atoms with van der Waals surface area (Å²) in [5, 5.41) is 0. The predicted molar refractivity (Wildman–Crippen MR) is 477 cm³/mol. The molecule has 658 valence electrons. The van der Waals surface area contributed by atoms with Crippen LogP contribution in [0, 0.1) is 83.0 Å². The number of carbonyl (C=O) groups excluding carboxylic acids is 3. The fourth-order valence-corrected chi connectivity index (χ4v) is 18.8. The van der Waals surface area contributed by atoms with Crippen LogP contribution in [0.5, 0.6) is 34.5 Å². The molecule has 13 rings (SSSR count). The summed E-state index contributed by atoms with van der Waals surface area (Å²) in [6.45, 7) is 51.0. The van der Waals surface area contributed by atoms with E-state index in [0.717, 1.165) is 146 Å². The molecule has 119 heavy (non-hydrogen) atoms. The van der Waals surface area contributed by atoms with E-state index in [1.165, 1.54) is 24.3 Å². The minimum Gasteiger partial charge on any atom is -0.496 e. The van der Waals surface area contributed by atoms with Gasteiger partial charge in [0.25, 0.3) is 11.8 Å². The zero-order chi connectivity index (χ0) is 87.7. The van der Waals surface area contributed by atoms with Gasteiger partial charge in [-0.15, -0.1) is 0 Å². The number of rotatable bonds is 21. The van der Waals surface area contributed by atoms with E-state index in [0.29, 0.717) is 94.7 Å². The third-order valence-corrected chi connectivity index (χ3v) is 28.9. The molecule has 1 atom stereocenters. The number of alkyl halides is 1. The summed E-state index contributed by atoms with van der Waals surface area (Å²) in [5.74, 6) is 8.22. The smallest absolute Gasteiger partial charge is 0.254 e. The largest absolute Gasteiger partial charge is 0.496 e. The van der Waals surface area contributed by atoms with Crippen molar-refractivity contribution in [3.63, 3.8) is 0 Å². The molecule has 7 aliphatic rings. The number of hydrogen-bond donors (Lipinski definition) is 0. The van der Waals surface area contributed by atoms with Crippen molar-refractivity contribution in [3.05, 3.63) is 154 Å². The van der Waals surface area contributed by atoms with Crippen molar-refractivity contribution < 1.29 is 64.0 Å². The van der Waals surface area contributed by atoms with Crippen molar-refractivity contribution in [1.82, 2.24) is 33.1 Å². The number of benzene rings is 6. The lowest BCUT2D eigenvalue weighted by molar-refractivity contribution is -0.121. The molecular formula is C94H140FN9O13S2. The fraction of sp³-hybridized carbons (Fsp3) is 0.585. The Labute approximate surface area is 713 Å². The molecule has 7 heterocycles. The minimum atomic E-state index is -3.46. The number of aryl methyl sites for hydroxylation is 6. The van der Waals surface area contributed by atoms with E-state index in [2.05, 4.69) is 114 Å². The van der Waals surface area contributed by atoms with Gasteiger partial charge in [-0.25, -0.2) is 21.2 Å². The van der Waals surface area contributed by atoms with Crippen molar-refractivity contribution in [3.8, 4) is 34.5 Å². The summed E-state index contributed by atoms with van der Waals surface area (Å²) in [5.41, 5.74) is 8.47. The average Bonchev–Trinajstić information content (AvgIpc) is 1.19. The topological polar surface area (TPSA) is 204 Å². The van der Waals surface area contributed by atoms with E-state index in [9.17, 15) is 35.6 Å². The number of halogens is 1. The highest BCUT2D eigenvalue weighted by Crippen LogP contribution is 2.38. The summed E-state index contributed by atoms with van der Waals surface area (Å²) in [6.07, 6.45) is 2.76. The number of carbonyl (C=O) groups is 3. The summed E-state index contributed by atoms with van der Waals surface area (Å²) in [6, 6.07) is 35.1. The van der Waals surface area contributed by atoms with Gasteiger partial charge in [-0.1, -0.05) is 91.8 Å². The normalized spacial score (nSPS) is 18.4. The second-order valence-electron chi connectivity index (χ2n) is 34.9. The average molecular weight is 1690 g/mol. The second kappa shape index (κ2) is 43.1. The van der Waals surface area contributed by atoms with Crippen LogP contribution in [0.4, 0.5) is 15.8 Å². The highest BCUT2D eigenvalue weighted by atomic mass is 32.2. The van der Waals surface area contributed by atoms with Crippen molar-refractivity contribution in [1.29, 1.82) is 0 Å². The predicted octanol–water partition coefficient (Wildman–Crippen LogP) is 15.6. The van der Waals surface area contributed by atoms with Crippen LogP contribution in [-0.4, -0.2) is 245 Å². The van der Waals surface area contributed by atoms with E-state index in [4.69, 9.17) is 28.4 Å². The van der Waals surface area contributed by atoms with Gasteiger partial charge in [0.15, 0.2) is 0 Å². The number of nitrogens with zero attached hydrogens (tertiary/aromatic N) is 9. The molecule has 3 amide bonds. The van der Waals surface area contributed by atoms with Crippen molar-refractivity contribution in [2.45, 2.75) is 177 Å². The molecule has 1 unspecified atom stereocenters. The number of piperidine rings is 1. The van der Waals surface area contributed by atoms with E-state index < -0.39 is 25.7 Å². The van der Waals surface area contributed by atoms with Crippen LogP contribution >= 0.6 is 0 Å². The third kappa shape index (κ3) is 24.4. The molecular weight excluding hydrogens is 1550 g/mol. The van der Waals surface area contributed by atoms with Crippen LogP contribution in [0.15, 0.2) is 119 Å². The summed E-state index contributed by atoms with van der Waals surface area (Å²) in [7, 11) is 2.84. The number of ether oxygens (including phenoxy) is 6. The van der Waals surface area contributed by atoms with Gasteiger partial charge in [0.2, 0.25) is 26.0 Å². The number of amides is 3. The van der Waals surface area contributed by atoms with E-state index >= 15 is 0 Å². The molecule has 6 aromatic carbocycles. The van der Waals surface area contributed by atoms with Gasteiger partial charge in [-0.05, 0) is 206 Å². The Morgan fingerprint density at radius 3 is 1.14 bits per heavy atom. The number of sulfonamides is 2. The Balaban J connectivity index is 0.000000179. The van der Waals surface area contributed by atoms with Gasteiger partial charge in [0.1, 0.15) is 40.2 Å². The van der Waals surface area contributed by atoms with Crippen molar-refractivity contribution in [2.75, 3.05) is 164 Å². The van der Waals surface area contributed by atoms with E-state index in [1.54, 1.807) is 98.6 Å². The van der Waals surface area contributed by atoms with Gasteiger partial charge in [0, 0.05) is 169 Å². The van der Waals surface area contributed by atoms with Crippen molar-refractivity contribution >= 4 is 49.1 Å². The Morgan fingerprint density at radius 1 is 0.403 bits per heavy atom. The lowest BCUT2D eigenvalue weighted by atomic mass is 9.84. The third-order valence-electron chi connectivity index (χ3n) is 25.1. The molecule has 0 radical (unpaired) electrons. The van der Waals surface area contributed by atoms with Crippen LogP contribution in [-0.2, 0) is 24.8 Å². The zero-order valence-corrected chi connectivity index (χ0v) is 77.5. The molecule has 0 bridgehead atoms. The summed E-state index contributed by atoms with van der Waals surface area (Å²) >= 11 is 0. The first-order valence-electron chi connectivity index (χ1n) is 42.7. The molecule has 22 nitrogen and oxygen atoms in total. The summed E-state index contributed by atoms with van der Waals surface area (Å²) in [4.78, 5) is 52.5. The molecule has 25 heteroatoms. The Hall–Kier alpha value is -8.04. The molecule has 7 aliphatic heterocycles. The molecule has 0 N–H and O–H groups in total. The number of piperazine rings is 2. The highest BCUT2D eigenvalue weighted by molar-refractivity contribution is 7.89. The molecule has 0 saturated carbocycles. The Bertz CT molecular complexity index is 4560. The zero-order valence-electron chi connectivity index (χ0n) is 75.8. The quantitative estimate of drug-likeness (QED) is 0.0657. The van der Waals surface area contributed by atoms with Crippen LogP contribution in [0.25, 0.3) is 0 Å². The first-order chi connectivity index (χ1) is 56.2. The standard InChI is InChI=1S/C20H33N3O3S.C15H20FNO2.C15H24N2O3S.2C15H21NO2.C14H21NO/c1-16(2)21-11-13-22(14-12-21)18-7-9-23(10-8-18)27(24,25)19-6-5-17(3)20(15-19)26-4;1-10(2)15(16)8-17(9-15)14(18)12-6-5-11(3)13(7-12)19-4;1-12(2)16-7-9-17(10-8-16)21(18,19)14-6-5-13(3)15(11-14)20-4;1-10(2)13-8-16(9-13)15(17)12-6-5-11(3)14(7-12)18-4;1-10(2)13-7-8-16(15(13)17)12-6-5-11(3)14(9-12)18-4;1-10(2)12-8-15(9-12)13-6-5-11(3)14(7-13)16-4/h5-6,15-16,18H,7-14H2,1-4H3;5-7,10H,8-9H2,1-4H3;5-6,11-12H,7-10H2,1-4H3;5-7,10,13H,8-9H2,1-4H3;5-6,9-10,13H,7-8H2,1-4H3;5-7,10,12H,8-9H2,1-4H3. The van der Waals surface area contributed by atoms with Crippen molar-refractivity contribution in [2.24, 2.45) is 41.4 Å². The lowest BCUT2D eigenvalue weighted by Gasteiger charge is -2.46. The number of methoxy groups -OCH3 is 6. The first kappa shape index (κ1) is 96.4. The maximum Gasteiger partial charge on any atom is 0.254 e. The van der Waals surface area contributed by atoms with Crippen LogP contribution < -0.4 is 38.2 Å². The van der Waals surface area contributed by atoms with Gasteiger partial charge in [-0.2, -0.15) is 8.61 Å². The van der Waals surface area contributed by atoms with Gasteiger partial charge >= 0.3 is 0 Å². The van der Waals surface area contributed by atoms with Crippen LogP contribution in [0.3, 0.4) is 0 Å². The first-order valence-corrected chi connectivity index (χ1v) is 45.6. The Morgan fingerprint density at radius 2 is 0.756 bits per heavy atom. The molecule has 7 fully saturated rings. The highest BCUT2D eigenvalue weighted by Gasteiger charge is 2.48. The lowest BCUT2D eigenvalue weighted by Crippen LogP contribution is -2.63. The molecule has 0 aliphatic carbocycles. The van der Waals surface area contributed by atoms with Gasteiger partial charge < -0.3 is 48.0 Å². The number of hydrogen-bond acceptors (Lipinski definition) is 17. The second-order valence-corrected chi connectivity index (χ2v) is 38.8. The molecule has 6 aromatic rings. The van der Waals surface area contributed by atoms with Gasteiger partial charge in [0.05, 0.1) is 65.5 Å². The fourth-order valence-electron chi connectivity index (χ4n) is 15.9. The van der Waals surface area contributed by atoms with Crippen LogP contribution in [0.1, 0.15) is 156 Å². The molecule has 0 aromatic heterocycles. The minimum absolute atomic E-state index is 0.0656. The van der Waals surface area contributed by atoms with E-state index in [-0.39, 0.29) is 42.6 Å². The Kier molecular flexibility index (Phi) is 35.0. The molecule has 0 spiro atoms. The number of likely N-dealkylation sites (tertiary alicyclic amines) is 2. The maximum atomic E-state index is 14.1. The summed E-state index contributed by atoms with van der Waals surface area (Å²) < 4.78 is 100. The number of anilines is 2. The molecule has 7 saturated heterocycles.